The monoisotopic (exact) mass is 340 g/mol. The van der Waals surface area contributed by atoms with Crippen molar-refractivity contribution in [3.8, 4) is 0 Å². The topological polar surface area (TPSA) is 62.5 Å². The molecular formula is C20H28N4O. The maximum Gasteiger partial charge on any atom is 0.191 e. The largest absolute Gasteiger partial charge is 0.359 e. The third-order valence-electron chi connectivity index (χ3n) is 5.00. The molecule has 134 valence electrons. The summed E-state index contributed by atoms with van der Waals surface area (Å²) in [7, 11) is 0. The molecule has 2 N–H and O–H groups in total. The van der Waals surface area contributed by atoms with Gasteiger partial charge in [-0.15, -0.1) is 0 Å². The zero-order chi connectivity index (χ0) is 17.5. The summed E-state index contributed by atoms with van der Waals surface area (Å²) < 4.78 is 5.32. The normalized spacial score (nSPS) is 16.3. The van der Waals surface area contributed by atoms with E-state index in [1.807, 2.05) is 6.07 Å². The highest BCUT2D eigenvalue weighted by Crippen LogP contribution is 2.43. The van der Waals surface area contributed by atoms with Crippen LogP contribution < -0.4 is 10.6 Å². The Morgan fingerprint density at radius 2 is 2.00 bits per heavy atom. The van der Waals surface area contributed by atoms with Crippen LogP contribution in [0.1, 0.15) is 50.1 Å². The first kappa shape index (κ1) is 17.5. The van der Waals surface area contributed by atoms with E-state index in [1.54, 1.807) is 0 Å². The van der Waals surface area contributed by atoms with Crippen LogP contribution in [0.25, 0.3) is 0 Å². The molecule has 1 aliphatic carbocycles. The van der Waals surface area contributed by atoms with Crippen molar-refractivity contribution in [1.82, 2.24) is 15.8 Å². The molecule has 5 nitrogen and oxygen atoms in total. The summed E-state index contributed by atoms with van der Waals surface area (Å²) in [4.78, 5) is 4.65. The van der Waals surface area contributed by atoms with Gasteiger partial charge in [0.1, 0.15) is 6.54 Å². The number of hydrogen-bond donors (Lipinski definition) is 2. The second kappa shape index (κ2) is 8.19. The number of nitrogens with zero attached hydrogens (tertiary/aromatic N) is 2. The molecule has 1 aliphatic rings. The molecule has 0 amide bonds. The third kappa shape index (κ3) is 4.21. The number of hydrogen-bond acceptors (Lipinski definition) is 3. The Morgan fingerprint density at radius 3 is 2.60 bits per heavy atom. The van der Waals surface area contributed by atoms with Crippen LogP contribution in [-0.4, -0.2) is 24.2 Å². The molecule has 0 atom stereocenters. The van der Waals surface area contributed by atoms with Gasteiger partial charge in [0.05, 0.1) is 5.69 Å². The van der Waals surface area contributed by atoms with Gasteiger partial charge in [0.25, 0.3) is 0 Å². The van der Waals surface area contributed by atoms with Gasteiger partial charge in [-0.3, -0.25) is 0 Å². The van der Waals surface area contributed by atoms with Crippen LogP contribution in [0.5, 0.6) is 0 Å². The summed E-state index contributed by atoms with van der Waals surface area (Å²) in [6.45, 7) is 6.39. The highest BCUT2D eigenvalue weighted by Gasteiger charge is 2.38. The Labute approximate surface area is 149 Å². The first-order valence-electron chi connectivity index (χ1n) is 9.28. The van der Waals surface area contributed by atoms with Crippen molar-refractivity contribution in [2.75, 3.05) is 13.1 Å². The minimum atomic E-state index is 0.235. The van der Waals surface area contributed by atoms with Gasteiger partial charge in [-0.25, -0.2) is 4.99 Å². The Balaban J connectivity index is 1.64. The van der Waals surface area contributed by atoms with Crippen LogP contribution in [-0.2, 0) is 18.4 Å². The van der Waals surface area contributed by atoms with Gasteiger partial charge in [-0.2, -0.15) is 0 Å². The van der Waals surface area contributed by atoms with Crippen molar-refractivity contribution in [1.29, 1.82) is 0 Å². The Bertz CT molecular complexity index is 689. The van der Waals surface area contributed by atoms with Crippen molar-refractivity contribution in [2.24, 2.45) is 4.99 Å². The van der Waals surface area contributed by atoms with E-state index in [9.17, 15) is 0 Å². The number of nitrogens with one attached hydrogen (secondary N) is 2. The number of aliphatic imine (C=N–C) groups is 1. The van der Waals surface area contributed by atoms with Gasteiger partial charge in [-0.05, 0) is 31.7 Å². The van der Waals surface area contributed by atoms with Gasteiger partial charge in [0.2, 0.25) is 0 Å². The zero-order valence-electron chi connectivity index (χ0n) is 15.2. The predicted octanol–water partition coefficient (Wildman–Crippen LogP) is 3.41. The number of guanidine groups is 1. The fourth-order valence-electron chi connectivity index (χ4n) is 3.31. The highest BCUT2D eigenvalue weighted by atomic mass is 16.5. The molecule has 0 unspecified atom stereocenters. The molecule has 1 fully saturated rings. The van der Waals surface area contributed by atoms with Gasteiger partial charge < -0.3 is 15.2 Å². The summed E-state index contributed by atoms with van der Waals surface area (Å²) in [6.07, 6.45) is 4.63. The summed E-state index contributed by atoms with van der Waals surface area (Å²) in [5.41, 5.74) is 2.63. The molecule has 0 aliphatic heterocycles. The van der Waals surface area contributed by atoms with Gasteiger partial charge in [-0.1, -0.05) is 48.8 Å². The maximum absolute atomic E-state index is 5.32. The van der Waals surface area contributed by atoms with Crippen LogP contribution in [0.15, 0.2) is 45.9 Å². The summed E-state index contributed by atoms with van der Waals surface area (Å²) in [5.74, 6) is 1.63. The summed E-state index contributed by atoms with van der Waals surface area (Å²) >= 11 is 0. The minimum absolute atomic E-state index is 0.235. The molecule has 0 spiro atoms. The molecule has 5 heteroatoms. The fourth-order valence-corrected chi connectivity index (χ4v) is 3.31. The maximum atomic E-state index is 5.32. The molecule has 1 heterocycles. The molecule has 1 aromatic carbocycles. The Kier molecular flexibility index (Phi) is 5.74. The number of aromatic nitrogens is 1. The third-order valence-corrected chi connectivity index (χ3v) is 5.00. The smallest absolute Gasteiger partial charge is 0.191 e. The second-order valence-corrected chi connectivity index (χ2v) is 6.69. The molecule has 0 saturated heterocycles. The zero-order valence-corrected chi connectivity index (χ0v) is 15.2. The molecule has 1 aromatic heterocycles. The highest BCUT2D eigenvalue weighted by molar-refractivity contribution is 5.79. The lowest BCUT2D eigenvalue weighted by molar-refractivity contribution is 0.244. The molecule has 2 aromatic rings. The first-order chi connectivity index (χ1) is 12.3. The van der Waals surface area contributed by atoms with Gasteiger partial charge in [0.15, 0.2) is 11.7 Å². The van der Waals surface area contributed by atoms with E-state index in [0.29, 0.717) is 6.54 Å². The Hall–Kier alpha value is -2.30. The standard InChI is InChI=1S/C20H28N4O/c1-3-17-13-18(25-24-17)14-22-19(21-4-2)23-15-20(11-8-12-20)16-9-6-5-7-10-16/h5-7,9-10,13H,3-4,8,11-12,14-15H2,1-2H3,(H2,21,22,23). The van der Waals surface area contributed by atoms with E-state index in [0.717, 1.165) is 36.9 Å². The fraction of sp³-hybridized carbons (Fsp3) is 0.500. The number of benzene rings is 1. The lowest BCUT2D eigenvalue weighted by Crippen LogP contribution is -2.48. The Morgan fingerprint density at radius 1 is 1.20 bits per heavy atom. The van der Waals surface area contributed by atoms with Crippen molar-refractivity contribution in [3.05, 3.63) is 53.4 Å². The minimum Gasteiger partial charge on any atom is -0.359 e. The van der Waals surface area contributed by atoms with E-state index in [2.05, 4.69) is 65.0 Å². The van der Waals surface area contributed by atoms with Gasteiger partial charge >= 0.3 is 0 Å². The van der Waals surface area contributed by atoms with E-state index in [-0.39, 0.29) is 5.41 Å². The SMILES string of the molecule is CCNC(=NCc1cc(CC)no1)NCC1(c2ccccc2)CCC1. The molecule has 1 saturated carbocycles. The first-order valence-corrected chi connectivity index (χ1v) is 9.28. The number of aryl methyl sites for hydroxylation is 1. The molecular weight excluding hydrogens is 312 g/mol. The van der Waals surface area contributed by atoms with E-state index >= 15 is 0 Å². The lowest BCUT2D eigenvalue weighted by atomic mass is 9.64. The van der Waals surface area contributed by atoms with Crippen LogP contribution in [0, 0.1) is 0 Å². The van der Waals surface area contributed by atoms with Crippen LogP contribution in [0.2, 0.25) is 0 Å². The average molecular weight is 340 g/mol. The van der Waals surface area contributed by atoms with Crippen molar-refractivity contribution in [2.45, 2.75) is 51.5 Å². The predicted molar refractivity (Wildman–Crippen MR) is 101 cm³/mol. The molecule has 3 rings (SSSR count). The van der Waals surface area contributed by atoms with Crippen LogP contribution >= 0.6 is 0 Å². The summed E-state index contributed by atoms with van der Waals surface area (Å²) in [5, 5.41) is 10.9. The lowest BCUT2D eigenvalue weighted by Gasteiger charge is -2.43. The quantitative estimate of drug-likeness (QED) is 0.599. The van der Waals surface area contributed by atoms with Crippen molar-refractivity contribution < 1.29 is 4.52 Å². The van der Waals surface area contributed by atoms with Crippen molar-refractivity contribution in [3.63, 3.8) is 0 Å². The molecule has 0 bridgehead atoms. The van der Waals surface area contributed by atoms with E-state index in [1.165, 1.54) is 24.8 Å². The van der Waals surface area contributed by atoms with Crippen molar-refractivity contribution >= 4 is 5.96 Å². The molecule has 0 radical (unpaired) electrons. The summed E-state index contributed by atoms with van der Waals surface area (Å²) in [6, 6.07) is 12.8. The average Bonchev–Trinajstić information content (AvgIpc) is 3.07. The van der Waals surface area contributed by atoms with Gasteiger partial charge in [0, 0.05) is 24.6 Å². The van der Waals surface area contributed by atoms with Crippen LogP contribution in [0.4, 0.5) is 0 Å². The number of rotatable bonds is 7. The van der Waals surface area contributed by atoms with E-state index in [4.69, 9.17) is 4.52 Å². The van der Waals surface area contributed by atoms with E-state index < -0.39 is 0 Å². The molecule has 25 heavy (non-hydrogen) atoms. The van der Waals surface area contributed by atoms with Crippen LogP contribution in [0.3, 0.4) is 0 Å². The second-order valence-electron chi connectivity index (χ2n) is 6.69.